The summed E-state index contributed by atoms with van der Waals surface area (Å²) in [5.74, 6) is -0.913. The SMILES string of the molecule is [N-]=[N+]=NC(CCC(=O)O)c1ccccn1. The molecule has 1 heterocycles. The van der Waals surface area contributed by atoms with Crippen molar-refractivity contribution in [1.82, 2.24) is 4.98 Å². The summed E-state index contributed by atoms with van der Waals surface area (Å²) in [6.07, 6.45) is 1.80. The Morgan fingerprint density at radius 3 is 3.00 bits per heavy atom. The molecule has 1 aromatic heterocycles. The minimum absolute atomic E-state index is 0.0414. The molecule has 0 amide bonds. The molecule has 1 rings (SSSR count). The fourth-order valence-corrected chi connectivity index (χ4v) is 1.16. The van der Waals surface area contributed by atoms with E-state index in [1.807, 2.05) is 0 Å². The third-order valence-corrected chi connectivity index (χ3v) is 1.85. The Bertz CT molecular complexity index is 373. The van der Waals surface area contributed by atoms with Crippen LogP contribution in [0.2, 0.25) is 0 Å². The maximum Gasteiger partial charge on any atom is 0.303 e. The van der Waals surface area contributed by atoms with Crippen molar-refractivity contribution < 1.29 is 9.90 Å². The minimum Gasteiger partial charge on any atom is -0.481 e. The summed E-state index contributed by atoms with van der Waals surface area (Å²) >= 11 is 0. The normalized spacial score (nSPS) is 11.5. The molecule has 0 aliphatic rings. The molecule has 0 aliphatic heterocycles. The molecule has 0 spiro atoms. The summed E-state index contributed by atoms with van der Waals surface area (Å²) in [7, 11) is 0. The molecule has 6 heteroatoms. The molecule has 0 bridgehead atoms. The van der Waals surface area contributed by atoms with Crippen LogP contribution in [0.5, 0.6) is 0 Å². The second-order valence-electron chi connectivity index (χ2n) is 2.91. The molecule has 0 saturated carbocycles. The molecule has 1 N–H and O–H groups in total. The van der Waals surface area contributed by atoms with Crippen molar-refractivity contribution in [1.29, 1.82) is 0 Å². The summed E-state index contributed by atoms with van der Waals surface area (Å²) in [5.41, 5.74) is 8.94. The monoisotopic (exact) mass is 206 g/mol. The van der Waals surface area contributed by atoms with Crippen molar-refractivity contribution in [3.05, 3.63) is 40.5 Å². The summed E-state index contributed by atoms with van der Waals surface area (Å²) in [5, 5.41) is 12.0. The summed E-state index contributed by atoms with van der Waals surface area (Å²) in [6.45, 7) is 0. The Morgan fingerprint density at radius 2 is 2.47 bits per heavy atom. The number of hydrogen-bond acceptors (Lipinski definition) is 3. The Balaban J connectivity index is 2.74. The largest absolute Gasteiger partial charge is 0.481 e. The Labute approximate surface area is 86.2 Å². The molecule has 0 saturated heterocycles. The lowest BCUT2D eigenvalue weighted by Gasteiger charge is -2.07. The van der Waals surface area contributed by atoms with Crippen LogP contribution in [0.15, 0.2) is 29.5 Å². The number of carboxylic acid groups (broad SMARTS) is 1. The van der Waals surface area contributed by atoms with Gasteiger partial charge in [0.05, 0.1) is 6.04 Å². The molecule has 6 nitrogen and oxygen atoms in total. The Kier molecular flexibility index (Phi) is 4.12. The van der Waals surface area contributed by atoms with E-state index >= 15 is 0 Å². The number of nitrogens with zero attached hydrogens (tertiary/aromatic N) is 4. The lowest BCUT2D eigenvalue weighted by Crippen LogP contribution is -2.02. The van der Waals surface area contributed by atoms with Crippen molar-refractivity contribution >= 4 is 5.97 Å². The van der Waals surface area contributed by atoms with Gasteiger partial charge in [0.25, 0.3) is 0 Å². The fourth-order valence-electron chi connectivity index (χ4n) is 1.16. The van der Waals surface area contributed by atoms with Gasteiger partial charge in [0.1, 0.15) is 0 Å². The van der Waals surface area contributed by atoms with Gasteiger partial charge in [-0.1, -0.05) is 11.2 Å². The van der Waals surface area contributed by atoms with E-state index in [1.165, 1.54) is 0 Å². The highest BCUT2D eigenvalue weighted by Gasteiger charge is 2.12. The molecule has 0 aliphatic carbocycles. The van der Waals surface area contributed by atoms with Crippen LogP contribution in [0.4, 0.5) is 0 Å². The molecule has 0 fully saturated rings. The first-order chi connectivity index (χ1) is 7.24. The number of pyridine rings is 1. The molecule has 0 radical (unpaired) electrons. The molecular formula is C9H10N4O2. The zero-order valence-corrected chi connectivity index (χ0v) is 7.95. The van der Waals surface area contributed by atoms with Crippen molar-refractivity contribution in [2.24, 2.45) is 5.11 Å². The lowest BCUT2D eigenvalue weighted by atomic mass is 10.1. The zero-order valence-electron chi connectivity index (χ0n) is 7.95. The van der Waals surface area contributed by atoms with Gasteiger partial charge in [-0.25, -0.2) is 0 Å². The maximum atomic E-state index is 10.4. The van der Waals surface area contributed by atoms with E-state index in [2.05, 4.69) is 15.0 Å². The van der Waals surface area contributed by atoms with Crippen LogP contribution in [0.3, 0.4) is 0 Å². The van der Waals surface area contributed by atoms with E-state index in [4.69, 9.17) is 10.6 Å². The highest BCUT2D eigenvalue weighted by atomic mass is 16.4. The lowest BCUT2D eigenvalue weighted by molar-refractivity contribution is -0.137. The number of hydrogen-bond donors (Lipinski definition) is 1. The third kappa shape index (κ3) is 3.66. The van der Waals surface area contributed by atoms with Crippen LogP contribution in [0.25, 0.3) is 10.4 Å². The molecule has 78 valence electrons. The second kappa shape index (κ2) is 5.62. The van der Waals surface area contributed by atoms with Crippen LogP contribution < -0.4 is 0 Å². The first-order valence-electron chi connectivity index (χ1n) is 4.41. The highest BCUT2D eigenvalue weighted by Crippen LogP contribution is 2.20. The van der Waals surface area contributed by atoms with Gasteiger partial charge in [-0.3, -0.25) is 9.78 Å². The first-order valence-corrected chi connectivity index (χ1v) is 4.41. The van der Waals surface area contributed by atoms with Crippen LogP contribution in [0.1, 0.15) is 24.6 Å². The third-order valence-electron chi connectivity index (χ3n) is 1.85. The maximum absolute atomic E-state index is 10.4. The fraction of sp³-hybridized carbons (Fsp3) is 0.333. The Morgan fingerprint density at radius 1 is 1.67 bits per heavy atom. The molecular weight excluding hydrogens is 196 g/mol. The van der Waals surface area contributed by atoms with Crippen molar-refractivity contribution in [2.75, 3.05) is 0 Å². The smallest absolute Gasteiger partial charge is 0.303 e. The van der Waals surface area contributed by atoms with Crippen molar-refractivity contribution in [2.45, 2.75) is 18.9 Å². The highest BCUT2D eigenvalue weighted by molar-refractivity contribution is 5.66. The van der Waals surface area contributed by atoms with Gasteiger partial charge in [-0.2, -0.15) is 0 Å². The first kappa shape index (κ1) is 11.0. The number of rotatable bonds is 5. The average Bonchev–Trinajstić information content (AvgIpc) is 2.25. The van der Waals surface area contributed by atoms with Crippen LogP contribution in [0, 0.1) is 0 Å². The average molecular weight is 206 g/mol. The van der Waals surface area contributed by atoms with E-state index in [9.17, 15) is 4.79 Å². The van der Waals surface area contributed by atoms with Gasteiger partial charge in [0.2, 0.25) is 0 Å². The quantitative estimate of drug-likeness (QED) is 0.454. The topological polar surface area (TPSA) is 99.0 Å². The van der Waals surface area contributed by atoms with Gasteiger partial charge in [0.15, 0.2) is 0 Å². The van der Waals surface area contributed by atoms with Gasteiger partial charge >= 0.3 is 5.97 Å². The van der Waals surface area contributed by atoms with Gasteiger partial charge in [-0.15, -0.1) is 0 Å². The van der Waals surface area contributed by atoms with E-state index < -0.39 is 12.0 Å². The van der Waals surface area contributed by atoms with Crippen molar-refractivity contribution in [3.63, 3.8) is 0 Å². The number of carbonyl (C=O) groups is 1. The van der Waals surface area contributed by atoms with E-state index in [0.29, 0.717) is 5.69 Å². The summed E-state index contributed by atoms with van der Waals surface area (Å²) in [4.78, 5) is 17.1. The van der Waals surface area contributed by atoms with E-state index in [0.717, 1.165) is 0 Å². The summed E-state index contributed by atoms with van der Waals surface area (Å²) in [6, 6.07) is 4.71. The van der Waals surface area contributed by atoms with Gasteiger partial charge in [0, 0.05) is 23.2 Å². The Hall–Kier alpha value is -2.07. The van der Waals surface area contributed by atoms with Crippen LogP contribution in [-0.4, -0.2) is 16.1 Å². The molecule has 15 heavy (non-hydrogen) atoms. The molecule has 1 unspecified atom stereocenters. The van der Waals surface area contributed by atoms with E-state index in [-0.39, 0.29) is 12.8 Å². The van der Waals surface area contributed by atoms with Crippen molar-refractivity contribution in [3.8, 4) is 0 Å². The van der Waals surface area contributed by atoms with Crippen LogP contribution >= 0.6 is 0 Å². The standard InChI is InChI=1S/C9H10N4O2/c10-13-12-8(4-5-9(14)15)7-3-1-2-6-11-7/h1-3,6,8H,4-5H2,(H,14,15). The van der Waals surface area contributed by atoms with E-state index in [1.54, 1.807) is 24.4 Å². The minimum atomic E-state index is -0.913. The molecule has 0 aromatic carbocycles. The number of azide groups is 1. The number of aliphatic carboxylic acids is 1. The predicted molar refractivity (Wildman–Crippen MR) is 53.0 cm³/mol. The van der Waals surface area contributed by atoms with Crippen LogP contribution in [-0.2, 0) is 4.79 Å². The van der Waals surface area contributed by atoms with Gasteiger partial charge in [-0.05, 0) is 24.1 Å². The number of carboxylic acids is 1. The molecule has 1 aromatic rings. The number of aromatic nitrogens is 1. The molecule has 1 atom stereocenters. The summed E-state index contributed by atoms with van der Waals surface area (Å²) < 4.78 is 0. The zero-order chi connectivity index (χ0) is 11.1. The second-order valence-corrected chi connectivity index (χ2v) is 2.91. The van der Waals surface area contributed by atoms with Gasteiger partial charge < -0.3 is 5.11 Å². The predicted octanol–water partition coefficient (Wildman–Crippen LogP) is 2.30.